The summed E-state index contributed by atoms with van der Waals surface area (Å²) in [7, 11) is -4.22. The van der Waals surface area contributed by atoms with Gasteiger partial charge in [0.2, 0.25) is 11.8 Å². The van der Waals surface area contributed by atoms with Crippen LogP contribution in [0.2, 0.25) is 10.0 Å². The Kier molecular flexibility index (Phi) is 10.8. The van der Waals surface area contributed by atoms with Gasteiger partial charge in [0, 0.05) is 12.6 Å². The molecule has 0 heterocycles. The summed E-state index contributed by atoms with van der Waals surface area (Å²) < 4.78 is 28.5. The Hall–Kier alpha value is -3.07. The quantitative estimate of drug-likeness (QED) is 0.299. The number of amides is 2. The van der Waals surface area contributed by atoms with Gasteiger partial charge in [-0.3, -0.25) is 13.9 Å². The smallest absolute Gasteiger partial charge is 0.264 e. The Morgan fingerprint density at radius 3 is 2.13 bits per heavy atom. The van der Waals surface area contributed by atoms with Gasteiger partial charge in [-0.1, -0.05) is 84.7 Å². The highest BCUT2D eigenvalue weighted by Gasteiger charge is 2.33. The number of nitrogens with one attached hydrogen (secondary N) is 1. The molecule has 0 unspecified atom stereocenters. The maximum Gasteiger partial charge on any atom is 0.264 e. The fraction of sp³-hybridized carbons (Fsp3) is 0.310. The van der Waals surface area contributed by atoms with Gasteiger partial charge in [-0.2, -0.15) is 0 Å². The van der Waals surface area contributed by atoms with Crippen LogP contribution in [0.4, 0.5) is 5.69 Å². The molecule has 2 atom stereocenters. The van der Waals surface area contributed by atoms with Crippen LogP contribution < -0.4 is 9.62 Å². The van der Waals surface area contributed by atoms with Crippen LogP contribution in [0.3, 0.4) is 0 Å². The number of benzene rings is 3. The normalized spacial score (nSPS) is 12.8. The fourth-order valence-electron chi connectivity index (χ4n) is 3.95. The molecule has 3 rings (SSSR count). The number of halogens is 2. The third-order valence-electron chi connectivity index (χ3n) is 6.46. The molecule has 2 amide bonds. The van der Waals surface area contributed by atoms with E-state index in [0.29, 0.717) is 6.42 Å². The van der Waals surface area contributed by atoms with Crippen molar-refractivity contribution in [1.29, 1.82) is 0 Å². The first-order chi connectivity index (χ1) is 18.6. The van der Waals surface area contributed by atoms with Crippen LogP contribution >= 0.6 is 23.2 Å². The number of rotatable bonds is 12. The van der Waals surface area contributed by atoms with Gasteiger partial charge in [0.1, 0.15) is 12.6 Å². The van der Waals surface area contributed by atoms with Gasteiger partial charge in [0.15, 0.2) is 0 Å². The van der Waals surface area contributed by atoms with Crippen molar-refractivity contribution in [3.63, 3.8) is 0 Å². The average molecular weight is 591 g/mol. The predicted octanol–water partition coefficient (Wildman–Crippen LogP) is 5.56. The molecule has 0 aliphatic heterocycles. The summed E-state index contributed by atoms with van der Waals surface area (Å²) in [5.41, 5.74) is 1.05. The van der Waals surface area contributed by atoms with Crippen LogP contribution in [0.25, 0.3) is 0 Å². The lowest BCUT2D eigenvalue weighted by molar-refractivity contribution is -0.139. The Bertz CT molecular complexity index is 1370. The highest BCUT2D eigenvalue weighted by Crippen LogP contribution is 2.35. The number of hydrogen-bond donors (Lipinski definition) is 1. The topological polar surface area (TPSA) is 86.8 Å². The van der Waals surface area contributed by atoms with Gasteiger partial charge in [-0.05, 0) is 56.5 Å². The first-order valence-electron chi connectivity index (χ1n) is 12.7. The maximum atomic E-state index is 13.9. The van der Waals surface area contributed by atoms with E-state index in [0.717, 1.165) is 16.3 Å². The van der Waals surface area contributed by atoms with E-state index in [1.165, 1.54) is 29.2 Å². The zero-order chi connectivity index (χ0) is 28.6. The van der Waals surface area contributed by atoms with Crippen molar-refractivity contribution in [3.8, 4) is 0 Å². The molecule has 0 fully saturated rings. The molecular formula is C29H33Cl2N3O4S. The minimum absolute atomic E-state index is 0.00451. The summed E-state index contributed by atoms with van der Waals surface area (Å²) in [6.07, 6.45) is 1.21. The van der Waals surface area contributed by atoms with Gasteiger partial charge in [-0.15, -0.1) is 0 Å². The number of hydrogen-bond acceptors (Lipinski definition) is 4. The SMILES string of the molecule is CC[C@H](C)NC(=O)[C@H](C)N(CCc1ccccc1)C(=O)CN(c1cccc(Cl)c1Cl)S(=O)(=O)c1ccccc1. The molecule has 0 radical (unpaired) electrons. The highest BCUT2D eigenvalue weighted by atomic mass is 35.5. The van der Waals surface area contributed by atoms with Crippen LogP contribution in [-0.2, 0) is 26.0 Å². The van der Waals surface area contributed by atoms with Crippen molar-refractivity contribution in [2.75, 3.05) is 17.4 Å². The van der Waals surface area contributed by atoms with Crippen LogP contribution in [0, 0.1) is 0 Å². The lowest BCUT2D eigenvalue weighted by atomic mass is 10.1. The zero-order valence-corrected chi connectivity index (χ0v) is 24.5. The molecule has 7 nitrogen and oxygen atoms in total. The number of nitrogens with zero attached hydrogens (tertiary/aromatic N) is 2. The Morgan fingerprint density at radius 2 is 1.51 bits per heavy atom. The fourth-order valence-corrected chi connectivity index (χ4v) is 5.85. The van der Waals surface area contributed by atoms with Crippen LogP contribution in [0.15, 0.2) is 83.8 Å². The van der Waals surface area contributed by atoms with E-state index in [-0.39, 0.29) is 39.1 Å². The minimum atomic E-state index is -4.22. The van der Waals surface area contributed by atoms with Crippen molar-refractivity contribution < 1.29 is 18.0 Å². The van der Waals surface area contributed by atoms with E-state index in [2.05, 4.69) is 5.32 Å². The molecule has 1 N–H and O–H groups in total. The van der Waals surface area contributed by atoms with E-state index in [4.69, 9.17) is 23.2 Å². The largest absolute Gasteiger partial charge is 0.352 e. The van der Waals surface area contributed by atoms with E-state index < -0.39 is 28.5 Å². The molecule has 0 spiro atoms. The summed E-state index contributed by atoms with van der Waals surface area (Å²) >= 11 is 12.7. The summed E-state index contributed by atoms with van der Waals surface area (Å²) in [4.78, 5) is 28.4. The van der Waals surface area contributed by atoms with Crippen LogP contribution in [-0.4, -0.2) is 50.3 Å². The Morgan fingerprint density at radius 1 is 0.897 bits per heavy atom. The third-order valence-corrected chi connectivity index (χ3v) is 9.05. The van der Waals surface area contributed by atoms with Gasteiger partial charge in [0.05, 0.1) is 20.6 Å². The first-order valence-corrected chi connectivity index (χ1v) is 14.9. The predicted molar refractivity (Wildman–Crippen MR) is 157 cm³/mol. The first kappa shape index (κ1) is 30.5. The van der Waals surface area contributed by atoms with E-state index in [1.54, 1.807) is 31.2 Å². The lowest BCUT2D eigenvalue weighted by Gasteiger charge is -2.32. The van der Waals surface area contributed by atoms with Gasteiger partial charge >= 0.3 is 0 Å². The monoisotopic (exact) mass is 589 g/mol. The Labute approximate surface area is 240 Å². The minimum Gasteiger partial charge on any atom is -0.352 e. The van der Waals surface area contributed by atoms with E-state index in [9.17, 15) is 18.0 Å². The maximum absolute atomic E-state index is 13.9. The number of sulfonamides is 1. The van der Waals surface area contributed by atoms with Crippen molar-refractivity contribution >= 4 is 50.7 Å². The molecular weight excluding hydrogens is 557 g/mol. The number of anilines is 1. The average Bonchev–Trinajstić information content (AvgIpc) is 2.94. The van der Waals surface area contributed by atoms with Gasteiger partial charge in [0.25, 0.3) is 10.0 Å². The molecule has 0 aliphatic carbocycles. The third kappa shape index (κ3) is 7.75. The van der Waals surface area contributed by atoms with Crippen molar-refractivity contribution in [2.24, 2.45) is 0 Å². The molecule has 0 aromatic heterocycles. The summed E-state index contributed by atoms with van der Waals surface area (Å²) in [6, 6.07) is 21.0. The van der Waals surface area contributed by atoms with Crippen molar-refractivity contribution in [1.82, 2.24) is 10.2 Å². The van der Waals surface area contributed by atoms with Gasteiger partial charge in [-0.25, -0.2) is 8.42 Å². The molecule has 3 aromatic carbocycles. The number of carbonyl (C=O) groups excluding carboxylic acids is 2. The molecule has 0 aliphatic rings. The second-order valence-corrected chi connectivity index (χ2v) is 11.9. The second-order valence-electron chi connectivity index (χ2n) is 9.21. The summed E-state index contributed by atoms with van der Waals surface area (Å²) in [6.45, 7) is 5.11. The zero-order valence-electron chi connectivity index (χ0n) is 22.2. The van der Waals surface area contributed by atoms with Crippen LogP contribution in [0.1, 0.15) is 32.8 Å². The summed E-state index contributed by atoms with van der Waals surface area (Å²) in [5, 5.41) is 3.07. The summed E-state index contributed by atoms with van der Waals surface area (Å²) in [5.74, 6) is -0.864. The number of carbonyl (C=O) groups is 2. The molecule has 0 bridgehead atoms. The molecule has 208 valence electrons. The second kappa shape index (κ2) is 13.8. The standard InChI is InChI=1S/C29H33Cl2N3O4S/c1-4-21(2)32-29(36)22(3)33(19-18-23-12-7-5-8-13-23)27(35)20-34(26-17-11-16-25(30)28(26)31)39(37,38)24-14-9-6-10-15-24/h5-17,21-22H,4,18-20H2,1-3H3,(H,32,36)/t21-,22-/m0/s1. The van der Waals surface area contributed by atoms with Crippen LogP contribution in [0.5, 0.6) is 0 Å². The molecule has 3 aromatic rings. The van der Waals surface area contributed by atoms with E-state index >= 15 is 0 Å². The van der Waals surface area contributed by atoms with Crippen molar-refractivity contribution in [2.45, 2.75) is 50.6 Å². The molecule has 0 saturated heterocycles. The highest BCUT2D eigenvalue weighted by molar-refractivity contribution is 7.92. The van der Waals surface area contributed by atoms with Gasteiger partial charge < -0.3 is 10.2 Å². The lowest BCUT2D eigenvalue weighted by Crippen LogP contribution is -2.53. The molecule has 39 heavy (non-hydrogen) atoms. The van der Waals surface area contributed by atoms with Crippen molar-refractivity contribution in [3.05, 3.63) is 94.5 Å². The molecule has 0 saturated carbocycles. The van der Waals surface area contributed by atoms with E-state index in [1.807, 2.05) is 44.2 Å². The Balaban J connectivity index is 2.00. The molecule has 10 heteroatoms.